The van der Waals surface area contributed by atoms with Crippen molar-refractivity contribution < 1.29 is 14.8 Å². The summed E-state index contributed by atoms with van der Waals surface area (Å²) in [4.78, 5) is 12.2. The number of carbonyl (C=O) groups excluding carboxylic acids is 1. The molecule has 4 nitrogen and oxygen atoms in total. The summed E-state index contributed by atoms with van der Waals surface area (Å²) in [7, 11) is -1.72. The highest BCUT2D eigenvalue weighted by molar-refractivity contribution is 6.62. The number of halogens is 1. The number of amides is 1. The molecule has 108 valence electrons. The van der Waals surface area contributed by atoms with Gasteiger partial charge >= 0.3 is 7.12 Å². The van der Waals surface area contributed by atoms with Crippen molar-refractivity contribution in [2.75, 3.05) is 5.32 Å². The SMILES string of the molecule is Cc1ccc(NC(=O)c2ccc(Cl)c(B(O)O)c2)c(C)c1. The highest BCUT2D eigenvalue weighted by Gasteiger charge is 2.18. The number of benzene rings is 2. The molecule has 0 aliphatic heterocycles. The lowest BCUT2D eigenvalue weighted by Crippen LogP contribution is -2.32. The van der Waals surface area contributed by atoms with Gasteiger partial charge in [-0.1, -0.05) is 29.3 Å². The van der Waals surface area contributed by atoms with Gasteiger partial charge in [0, 0.05) is 21.7 Å². The van der Waals surface area contributed by atoms with Crippen molar-refractivity contribution in [1.82, 2.24) is 0 Å². The van der Waals surface area contributed by atoms with Crippen LogP contribution in [0.3, 0.4) is 0 Å². The number of carbonyl (C=O) groups is 1. The first kappa shape index (κ1) is 15.6. The second-order valence-corrected chi connectivity index (χ2v) is 5.29. The Kier molecular flexibility index (Phi) is 4.68. The Morgan fingerprint density at radius 3 is 2.48 bits per heavy atom. The summed E-state index contributed by atoms with van der Waals surface area (Å²) in [5.41, 5.74) is 3.20. The molecule has 0 fully saturated rings. The average molecular weight is 304 g/mol. The summed E-state index contributed by atoms with van der Waals surface area (Å²) in [5.74, 6) is -0.333. The van der Waals surface area contributed by atoms with Crippen molar-refractivity contribution in [1.29, 1.82) is 0 Å². The van der Waals surface area contributed by atoms with Gasteiger partial charge in [0.2, 0.25) is 0 Å². The summed E-state index contributed by atoms with van der Waals surface area (Å²) in [6.07, 6.45) is 0. The summed E-state index contributed by atoms with van der Waals surface area (Å²) in [5, 5.41) is 21.4. The topological polar surface area (TPSA) is 69.6 Å². The molecule has 0 aliphatic rings. The molecule has 0 heterocycles. The molecule has 3 N–H and O–H groups in total. The third-order valence-corrected chi connectivity index (χ3v) is 3.51. The summed E-state index contributed by atoms with van der Waals surface area (Å²) < 4.78 is 0. The van der Waals surface area contributed by atoms with Crippen molar-refractivity contribution in [2.45, 2.75) is 13.8 Å². The number of hydrogen-bond donors (Lipinski definition) is 3. The summed E-state index contributed by atoms with van der Waals surface area (Å²) in [6.45, 7) is 3.89. The van der Waals surface area contributed by atoms with Crippen molar-refractivity contribution in [2.24, 2.45) is 0 Å². The molecule has 1 amide bonds. The maximum atomic E-state index is 12.2. The van der Waals surface area contributed by atoms with Crippen LogP contribution in [0.4, 0.5) is 5.69 Å². The van der Waals surface area contributed by atoms with Crippen LogP contribution in [0.1, 0.15) is 21.5 Å². The van der Waals surface area contributed by atoms with Crippen LogP contribution in [0.25, 0.3) is 0 Å². The van der Waals surface area contributed by atoms with Crippen molar-refractivity contribution >= 4 is 35.8 Å². The van der Waals surface area contributed by atoms with Gasteiger partial charge in [-0.15, -0.1) is 0 Å². The molecule has 0 aliphatic carbocycles. The van der Waals surface area contributed by atoms with Crippen molar-refractivity contribution in [3.63, 3.8) is 0 Å². The molecule has 0 bridgehead atoms. The molecular formula is C15H15BClNO3. The van der Waals surface area contributed by atoms with E-state index in [1.165, 1.54) is 18.2 Å². The second-order valence-electron chi connectivity index (χ2n) is 4.88. The van der Waals surface area contributed by atoms with E-state index in [1.807, 2.05) is 32.0 Å². The molecule has 2 rings (SSSR count). The lowest BCUT2D eigenvalue weighted by molar-refractivity contribution is 0.102. The van der Waals surface area contributed by atoms with Gasteiger partial charge in [0.1, 0.15) is 0 Å². The molecule has 2 aromatic carbocycles. The Bertz CT molecular complexity index is 689. The van der Waals surface area contributed by atoms with Crippen LogP contribution in [-0.2, 0) is 0 Å². The van der Waals surface area contributed by atoms with Crippen molar-refractivity contribution in [3.05, 3.63) is 58.1 Å². The highest BCUT2D eigenvalue weighted by atomic mass is 35.5. The largest absolute Gasteiger partial charge is 0.489 e. The zero-order valence-corrected chi connectivity index (χ0v) is 12.5. The summed E-state index contributed by atoms with van der Waals surface area (Å²) >= 11 is 5.85. The number of nitrogens with one attached hydrogen (secondary N) is 1. The Labute approximate surface area is 128 Å². The van der Waals surface area contributed by atoms with E-state index in [1.54, 1.807) is 0 Å². The molecule has 0 spiro atoms. The minimum Gasteiger partial charge on any atom is -0.423 e. The van der Waals surface area contributed by atoms with Gasteiger partial charge in [0.25, 0.3) is 5.91 Å². The van der Waals surface area contributed by atoms with E-state index in [9.17, 15) is 14.8 Å². The van der Waals surface area contributed by atoms with Gasteiger partial charge in [0.05, 0.1) is 0 Å². The molecule has 0 saturated carbocycles. The Morgan fingerprint density at radius 2 is 1.86 bits per heavy atom. The third-order valence-electron chi connectivity index (χ3n) is 3.17. The third kappa shape index (κ3) is 3.64. The van der Waals surface area contributed by atoms with Gasteiger partial charge in [-0.05, 0) is 43.7 Å². The van der Waals surface area contributed by atoms with Gasteiger partial charge in [0.15, 0.2) is 0 Å². The predicted molar refractivity (Wildman–Crippen MR) is 85.1 cm³/mol. The number of hydrogen-bond acceptors (Lipinski definition) is 3. The van der Waals surface area contributed by atoms with Crippen LogP contribution in [0, 0.1) is 13.8 Å². The van der Waals surface area contributed by atoms with Crippen LogP contribution < -0.4 is 10.8 Å². The van der Waals surface area contributed by atoms with E-state index in [0.717, 1.165) is 11.1 Å². The molecule has 21 heavy (non-hydrogen) atoms. The van der Waals surface area contributed by atoms with Gasteiger partial charge in [-0.25, -0.2) is 0 Å². The summed E-state index contributed by atoms with van der Waals surface area (Å²) in [6, 6.07) is 10.1. The zero-order valence-electron chi connectivity index (χ0n) is 11.7. The molecule has 6 heteroatoms. The second kappa shape index (κ2) is 6.31. The first-order valence-electron chi connectivity index (χ1n) is 6.42. The van der Waals surface area contributed by atoms with Crippen molar-refractivity contribution in [3.8, 4) is 0 Å². The van der Waals surface area contributed by atoms with E-state index in [0.29, 0.717) is 11.3 Å². The van der Waals surface area contributed by atoms with E-state index in [4.69, 9.17) is 11.6 Å². The smallest absolute Gasteiger partial charge is 0.423 e. The highest BCUT2D eigenvalue weighted by Crippen LogP contribution is 2.17. The fraction of sp³-hybridized carbons (Fsp3) is 0.133. The standard InChI is InChI=1S/C15H15BClNO3/c1-9-3-6-14(10(2)7-9)18-15(19)11-4-5-13(17)12(8-11)16(20)21/h3-8,20-21H,1-2H3,(H,18,19). The van der Waals surface area contributed by atoms with E-state index in [-0.39, 0.29) is 16.4 Å². The fourth-order valence-corrected chi connectivity index (χ4v) is 2.25. The maximum absolute atomic E-state index is 12.2. The molecule has 0 aromatic heterocycles. The number of anilines is 1. The van der Waals surface area contributed by atoms with Gasteiger partial charge in [-0.3, -0.25) is 4.79 Å². The number of aryl methyl sites for hydroxylation is 2. The van der Waals surface area contributed by atoms with Gasteiger partial charge in [-0.2, -0.15) is 0 Å². The maximum Gasteiger partial charge on any atom is 0.489 e. The molecular weight excluding hydrogens is 288 g/mol. The van der Waals surface area contributed by atoms with Crippen LogP contribution in [0.15, 0.2) is 36.4 Å². The normalized spacial score (nSPS) is 10.3. The van der Waals surface area contributed by atoms with E-state index >= 15 is 0 Å². The number of rotatable bonds is 3. The van der Waals surface area contributed by atoms with Crippen LogP contribution >= 0.6 is 11.6 Å². The predicted octanol–water partition coefficient (Wildman–Crippen LogP) is 1.89. The van der Waals surface area contributed by atoms with E-state index < -0.39 is 7.12 Å². The van der Waals surface area contributed by atoms with Crippen LogP contribution in [-0.4, -0.2) is 23.1 Å². The fourth-order valence-electron chi connectivity index (χ4n) is 2.03. The molecule has 0 atom stereocenters. The first-order valence-corrected chi connectivity index (χ1v) is 6.80. The Hall–Kier alpha value is -1.82. The zero-order chi connectivity index (χ0) is 15.6. The Morgan fingerprint density at radius 1 is 1.14 bits per heavy atom. The monoisotopic (exact) mass is 303 g/mol. The molecule has 0 saturated heterocycles. The first-order chi connectivity index (χ1) is 9.88. The lowest BCUT2D eigenvalue weighted by Gasteiger charge is -2.10. The molecule has 0 radical (unpaired) electrons. The minimum atomic E-state index is -1.72. The lowest BCUT2D eigenvalue weighted by atomic mass is 9.79. The molecule has 2 aromatic rings. The van der Waals surface area contributed by atoms with E-state index in [2.05, 4.69) is 5.32 Å². The molecule has 0 unspecified atom stereocenters. The average Bonchev–Trinajstić information content (AvgIpc) is 2.42. The Balaban J connectivity index is 2.26. The van der Waals surface area contributed by atoms with Crippen LogP contribution in [0.2, 0.25) is 5.02 Å². The van der Waals surface area contributed by atoms with Crippen LogP contribution in [0.5, 0.6) is 0 Å². The minimum absolute atomic E-state index is 0.102. The van der Waals surface area contributed by atoms with Gasteiger partial charge < -0.3 is 15.4 Å². The quantitative estimate of drug-likeness (QED) is 0.758.